The Morgan fingerprint density at radius 1 is 0.844 bits per heavy atom. The zero-order valence-corrected chi connectivity index (χ0v) is 18.9. The van der Waals surface area contributed by atoms with Crippen LogP contribution in [0.25, 0.3) is 0 Å². The van der Waals surface area contributed by atoms with Crippen LogP contribution in [-0.4, -0.2) is 13.3 Å². The maximum atomic E-state index is 13.2. The van der Waals surface area contributed by atoms with Crippen molar-refractivity contribution < 1.29 is 13.5 Å². The SMILES string of the molecule is C(=Nc1ccccc1)c1ccccc1.COc1cc(Nc2cc(F)ccc2Br)ccc1F. The molecular weight excluding hydrogens is 474 g/mol. The first-order valence-electron chi connectivity index (χ1n) is 9.75. The summed E-state index contributed by atoms with van der Waals surface area (Å²) in [6.45, 7) is 0. The van der Waals surface area contributed by atoms with Crippen LogP contribution >= 0.6 is 15.9 Å². The van der Waals surface area contributed by atoms with Crippen molar-refractivity contribution in [3.8, 4) is 5.75 Å². The largest absolute Gasteiger partial charge is 0.494 e. The van der Waals surface area contributed by atoms with Crippen LogP contribution in [0.1, 0.15) is 5.56 Å². The van der Waals surface area contributed by atoms with Crippen molar-refractivity contribution >= 4 is 39.2 Å². The van der Waals surface area contributed by atoms with Gasteiger partial charge < -0.3 is 10.1 Å². The van der Waals surface area contributed by atoms with Crippen LogP contribution in [0.2, 0.25) is 0 Å². The number of methoxy groups -OCH3 is 1. The lowest BCUT2D eigenvalue weighted by Gasteiger charge is -2.10. The monoisotopic (exact) mass is 494 g/mol. The van der Waals surface area contributed by atoms with Crippen LogP contribution in [-0.2, 0) is 0 Å². The highest BCUT2D eigenvalue weighted by Gasteiger charge is 2.06. The summed E-state index contributed by atoms with van der Waals surface area (Å²) in [5, 5.41) is 2.98. The molecule has 0 aliphatic rings. The quantitative estimate of drug-likeness (QED) is 0.286. The van der Waals surface area contributed by atoms with E-state index in [0.717, 1.165) is 11.3 Å². The molecule has 0 radical (unpaired) electrons. The number of aliphatic imine (C=N–C) groups is 1. The number of nitrogens with zero attached hydrogens (tertiary/aromatic N) is 1. The van der Waals surface area contributed by atoms with E-state index in [9.17, 15) is 8.78 Å². The van der Waals surface area contributed by atoms with E-state index in [4.69, 9.17) is 4.74 Å². The van der Waals surface area contributed by atoms with Crippen molar-refractivity contribution in [2.24, 2.45) is 4.99 Å². The van der Waals surface area contributed by atoms with Crippen molar-refractivity contribution in [2.45, 2.75) is 0 Å². The molecule has 162 valence electrons. The molecule has 0 unspecified atom stereocenters. The number of rotatable bonds is 5. The number of hydrogen-bond acceptors (Lipinski definition) is 3. The zero-order chi connectivity index (χ0) is 22.8. The fourth-order valence-corrected chi connectivity index (χ4v) is 3.03. The van der Waals surface area contributed by atoms with Gasteiger partial charge in [-0.05, 0) is 64.0 Å². The standard InChI is InChI=1S/C13H10BrF2NO.C13H11N/c1-18-13-7-9(3-5-11(13)16)17-12-6-8(15)2-4-10(12)14;1-3-7-12(8-4-1)11-14-13-9-5-2-6-10-13/h2-7,17H,1H3;1-11H. The van der Waals surface area contributed by atoms with Gasteiger partial charge in [0.2, 0.25) is 0 Å². The van der Waals surface area contributed by atoms with Gasteiger partial charge in [-0.15, -0.1) is 0 Å². The van der Waals surface area contributed by atoms with Gasteiger partial charge in [0.1, 0.15) is 5.82 Å². The third-order valence-electron chi connectivity index (χ3n) is 4.28. The molecule has 0 bridgehead atoms. The molecule has 0 aliphatic heterocycles. The maximum absolute atomic E-state index is 13.2. The smallest absolute Gasteiger partial charge is 0.165 e. The molecule has 0 aromatic heterocycles. The lowest BCUT2D eigenvalue weighted by molar-refractivity contribution is 0.387. The summed E-state index contributed by atoms with van der Waals surface area (Å²) in [5.41, 5.74) is 3.27. The topological polar surface area (TPSA) is 33.6 Å². The van der Waals surface area contributed by atoms with Crippen LogP contribution < -0.4 is 10.1 Å². The summed E-state index contributed by atoms with van der Waals surface area (Å²) in [7, 11) is 1.39. The summed E-state index contributed by atoms with van der Waals surface area (Å²) in [6, 6.07) is 28.6. The first-order chi connectivity index (χ1) is 15.5. The molecule has 0 spiro atoms. The molecule has 6 heteroatoms. The predicted octanol–water partition coefficient (Wildman–Crippen LogP) is 7.92. The number of benzene rings is 4. The van der Waals surface area contributed by atoms with E-state index in [2.05, 4.69) is 26.2 Å². The summed E-state index contributed by atoms with van der Waals surface area (Å²) < 4.78 is 31.9. The molecule has 3 nitrogen and oxygen atoms in total. The zero-order valence-electron chi connectivity index (χ0n) is 17.3. The van der Waals surface area contributed by atoms with Crippen molar-refractivity contribution in [1.29, 1.82) is 0 Å². The highest BCUT2D eigenvalue weighted by molar-refractivity contribution is 9.10. The maximum Gasteiger partial charge on any atom is 0.165 e. The number of halogens is 3. The Morgan fingerprint density at radius 3 is 2.22 bits per heavy atom. The van der Waals surface area contributed by atoms with E-state index >= 15 is 0 Å². The Morgan fingerprint density at radius 2 is 1.53 bits per heavy atom. The predicted molar refractivity (Wildman–Crippen MR) is 130 cm³/mol. The van der Waals surface area contributed by atoms with Crippen LogP contribution in [0.3, 0.4) is 0 Å². The van der Waals surface area contributed by atoms with Crippen LogP contribution in [0.5, 0.6) is 5.75 Å². The summed E-state index contributed by atoms with van der Waals surface area (Å²) in [6.07, 6.45) is 1.87. The third-order valence-corrected chi connectivity index (χ3v) is 4.97. The second-order valence-electron chi connectivity index (χ2n) is 6.60. The van der Waals surface area contributed by atoms with Crippen LogP contribution in [0, 0.1) is 11.6 Å². The van der Waals surface area contributed by atoms with Gasteiger partial charge in [-0.1, -0.05) is 48.5 Å². The van der Waals surface area contributed by atoms with E-state index in [0.29, 0.717) is 15.8 Å². The van der Waals surface area contributed by atoms with Gasteiger partial charge in [-0.25, -0.2) is 8.78 Å². The van der Waals surface area contributed by atoms with Gasteiger partial charge in [-0.3, -0.25) is 4.99 Å². The molecule has 4 aromatic rings. The van der Waals surface area contributed by atoms with E-state index in [1.54, 1.807) is 12.1 Å². The minimum atomic E-state index is -0.443. The fraction of sp³-hybridized carbons (Fsp3) is 0.0385. The van der Waals surface area contributed by atoms with Gasteiger partial charge in [0.15, 0.2) is 11.6 Å². The Balaban J connectivity index is 0.000000186. The molecular formula is C26H21BrF2N2O. The molecule has 4 rings (SSSR count). The van der Waals surface area contributed by atoms with E-state index in [1.165, 1.54) is 31.4 Å². The first-order valence-corrected chi connectivity index (χ1v) is 10.5. The van der Waals surface area contributed by atoms with Crippen molar-refractivity contribution in [2.75, 3.05) is 12.4 Å². The minimum Gasteiger partial charge on any atom is -0.494 e. The van der Waals surface area contributed by atoms with Gasteiger partial charge in [-0.2, -0.15) is 0 Å². The molecule has 1 N–H and O–H groups in total. The number of nitrogens with one attached hydrogen (secondary N) is 1. The second kappa shape index (κ2) is 11.8. The minimum absolute atomic E-state index is 0.132. The van der Waals surface area contributed by atoms with Gasteiger partial charge in [0.05, 0.1) is 18.5 Å². The highest BCUT2D eigenvalue weighted by Crippen LogP contribution is 2.29. The van der Waals surface area contributed by atoms with Gasteiger partial charge in [0.25, 0.3) is 0 Å². The average molecular weight is 495 g/mol. The second-order valence-corrected chi connectivity index (χ2v) is 7.46. The fourth-order valence-electron chi connectivity index (χ4n) is 2.69. The lowest BCUT2D eigenvalue weighted by Crippen LogP contribution is -1.95. The average Bonchev–Trinajstić information content (AvgIpc) is 2.83. The Kier molecular flexibility index (Phi) is 8.52. The number of para-hydroxylation sites is 1. The van der Waals surface area contributed by atoms with E-state index in [-0.39, 0.29) is 11.6 Å². The Labute approximate surface area is 194 Å². The van der Waals surface area contributed by atoms with Gasteiger partial charge in [0, 0.05) is 22.4 Å². The lowest BCUT2D eigenvalue weighted by atomic mass is 10.2. The van der Waals surface area contributed by atoms with Gasteiger partial charge >= 0.3 is 0 Å². The van der Waals surface area contributed by atoms with Crippen molar-refractivity contribution in [3.63, 3.8) is 0 Å². The van der Waals surface area contributed by atoms with Crippen LogP contribution in [0.4, 0.5) is 25.8 Å². The molecule has 32 heavy (non-hydrogen) atoms. The van der Waals surface area contributed by atoms with Crippen molar-refractivity contribution in [1.82, 2.24) is 0 Å². The number of anilines is 2. The molecule has 0 aliphatic carbocycles. The molecule has 0 saturated carbocycles. The first kappa shape index (κ1) is 23.2. The number of hydrogen-bond donors (Lipinski definition) is 1. The molecule has 0 atom stereocenters. The van der Waals surface area contributed by atoms with E-state index in [1.807, 2.05) is 66.9 Å². The highest BCUT2D eigenvalue weighted by atomic mass is 79.9. The summed E-state index contributed by atoms with van der Waals surface area (Å²) in [5.74, 6) is -0.663. The number of ether oxygens (including phenoxy) is 1. The molecule has 0 fully saturated rings. The summed E-state index contributed by atoms with van der Waals surface area (Å²) in [4.78, 5) is 4.35. The molecule has 0 heterocycles. The molecule has 0 saturated heterocycles. The third kappa shape index (κ3) is 7.03. The Bertz CT molecular complexity index is 1130. The van der Waals surface area contributed by atoms with E-state index < -0.39 is 5.82 Å². The van der Waals surface area contributed by atoms with Crippen molar-refractivity contribution in [3.05, 3.63) is 119 Å². The Hall–Kier alpha value is -3.51. The molecule has 4 aromatic carbocycles. The normalized spacial score (nSPS) is 10.4. The summed E-state index contributed by atoms with van der Waals surface area (Å²) >= 11 is 3.30. The molecule has 0 amide bonds. The van der Waals surface area contributed by atoms with Crippen LogP contribution in [0.15, 0.2) is 107 Å².